The maximum absolute atomic E-state index is 12.8. The fourth-order valence-electron chi connectivity index (χ4n) is 3.12. The second-order valence-electron chi connectivity index (χ2n) is 5.86. The van der Waals surface area contributed by atoms with E-state index in [1.54, 1.807) is 32.0 Å². The van der Waals surface area contributed by atoms with E-state index in [1.165, 1.54) is 0 Å². The van der Waals surface area contributed by atoms with Crippen LogP contribution in [0.2, 0.25) is 5.02 Å². The van der Waals surface area contributed by atoms with Crippen LogP contribution in [0.25, 0.3) is 5.76 Å². The van der Waals surface area contributed by atoms with Crippen molar-refractivity contribution in [1.29, 1.82) is 0 Å². The van der Waals surface area contributed by atoms with Gasteiger partial charge in [-0.1, -0.05) is 23.7 Å². The summed E-state index contributed by atoms with van der Waals surface area (Å²) in [5.41, 5.74) is -0.243. The molecule has 1 fully saturated rings. The Morgan fingerprint density at radius 2 is 1.88 bits per heavy atom. The zero-order valence-corrected chi connectivity index (χ0v) is 15.7. The van der Waals surface area contributed by atoms with Crippen molar-refractivity contribution in [3.63, 3.8) is 0 Å². The number of carbonyl (C=O) groups is 2. The van der Waals surface area contributed by atoms with E-state index in [-0.39, 0.29) is 29.6 Å². The molecule has 0 saturated carbocycles. The predicted molar refractivity (Wildman–Crippen MR) is 97.1 cm³/mol. The number of rotatable bonds is 6. The van der Waals surface area contributed by atoms with E-state index in [0.717, 1.165) is 6.08 Å². The summed E-state index contributed by atoms with van der Waals surface area (Å²) in [6, 6.07) is 5.02. The van der Waals surface area contributed by atoms with Gasteiger partial charge in [0, 0.05) is 18.8 Å². The topological polar surface area (TPSA) is 82.1 Å². The first-order chi connectivity index (χ1) is 12.5. The third-order valence-electron chi connectivity index (χ3n) is 4.34. The summed E-state index contributed by atoms with van der Waals surface area (Å²) in [6.45, 7) is 4.59. The number of hydrogen-bond donors (Lipinski definition) is 1. The highest BCUT2D eigenvalue weighted by Gasteiger charge is 2.45. The van der Waals surface area contributed by atoms with Gasteiger partial charge in [-0.3, -0.25) is 4.79 Å². The van der Waals surface area contributed by atoms with Crippen LogP contribution in [-0.4, -0.2) is 43.5 Å². The Labute approximate surface area is 157 Å². The molecule has 1 aliphatic heterocycles. The van der Waals surface area contributed by atoms with Crippen LogP contribution in [0.5, 0.6) is 0 Å². The Morgan fingerprint density at radius 3 is 2.50 bits per heavy atom. The summed E-state index contributed by atoms with van der Waals surface area (Å²) in [7, 11) is 0. The summed E-state index contributed by atoms with van der Waals surface area (Å²) >= 11 is 6.31. The number of ether oxygens (including phenoxy) is 3. The molecule has 0 bridgehead atoms. The van der Waals surface area contributed by atoms with Crippen molar-refractivity contribution in [3.05, 3.63) is 40.4 Å². The molecule has 1 heterocycles. The van der Waals surface area contributed by atoms with Crippen LogP contribution in [0, 0.1) is 0 Å². The molecule has 2 rings (SSSR count). The average molecular weight is 383 g/mol. The zero-order valence-electron chi connectivity index (χ0n) is 14.9. The summed E-state index contributed by atoms with van der Waals surface area (Å²) in [4.78, 5) is 24.5. The van der Waals surface area contributed by atoms with Crippen molar-refractivity contribution in [2.75, 3.05) is 26.4 Å². The van der Waals surface area contributed by atoms with E-state index in [9.17, 15) is 14.7 Å². The molecule has 6 nitrogen and oxygen atoms in total. The molecule has 0 aromatic heterocycles. The standard InChI is InChI=1S/C19H23ClO6/c1-3-25-16(22)12-15(21)17-13(6-5-7-14(17)20)19(18(23)26-4-2)8-10-24-11-9-19/h5-7,12,21H,3-4,8-11H2,1-2H3/b15-12-. The van der Waals surface area contributed by atoms with E-state index in [0.29, 0.717) is 31.6 Å². The minimum atomic E-state index is -0.995. The van der Waals surface area contributed by atoms with Gasteiger partial charge in [-0.05, 0) is 38.3 Å². The van der Waals surface area contributed by atoms with Crippen LogP contribution < -0.4 is 0 Å². The van der Waals surface area contributed by atoms with Crippen LogP contribution in [-0.2, 0) is 29.2 Å². The van der Waals surface area contributed by atoms with Crippen molar-refractivity contribution in [3.8, 4) is 0 Å². The van der Waals surface area contributed by atoms with E-state index in [4.69, 9.17) is 25.8 Å². The highest BCUT2D eigenvalue weighted by Crippen LogP contribution is 2.41. The molecule has 1 aliphatic rings. The van der Waals surface area contributed by atoms with Gasteiger partial charge in [0.2, 0.25) is 0 Å². The maximum atomic E-state index is 12.8. The minimum Gasteiger partial charge on any atom is -0.507 e. The molecule has 1 saturated heterocycles. The van der Waals surface area contributed by atoms with Crippen LogP contribution >= 0.6 is 11.6 Å². The lowest BCUT2D eigenvalue weighted by Crippen LogP contribution is -2.43. The van der Waals surface area contributed by atoms with E-state index in [1.807, 2.05) is 0 Å². The Balaban J connectivity index is 2.58. The zero-order chi connectivity index (χ0) is 19.2. The van der Waals surface area contributed by atoms with Crippen LogP contribution in [0.4, 0.5) is 0 Å². The molecule has 0 amide bonds. The van der Waals surface area contributed by atoms with Gasteiger partial charge in [0.05, 0.1) is 29.7 Å². The van der Waals surface area contributed by atoms with E-state index < -0.39 is 17.4 Å². The van der Waals surface area contributed by atoms with Crippen molar-refractivity contribution in [2.45, 2.75) is 32.1 Å². The Kier molecular flexibility index (Phi) is 7.06. The second-order valence-corrected chi connectivity index (χ2v) is 6.27. The summed E-state index contributed by atoms with van der Waals surface area (Å²) in [5, 5.41) is 10.8. The second kappa shape index (κ2) is 9.05. The molecule has 7 heteroatoms. The number of esters is 2. The molecular formula is C19H23ClO6. The van der Waals surface area contributed by atoms with Gasteiger partial charge >= 0.3 is 11.9 Å². The molecule has 0 atom stereocenters. The predicted octanol–water partition coefficient (Wildman–Crippen LogP) is 3.41. The quantitative estimate of drug-likeness (QED) is 0.461. The van der Waals surface area contributed by atoms with Crippen LogP contribution in [0.1, 0.15) is 37.8 Å². The molecule has 1 N–H and O–H groups in total. The fraction of sp³-hybridized carbons (Fsp3) is 0.474. The smallest absolute Gasteiger partial charge is 0.334 e. The van der Waals surface area contributed by atoms with Gasteiger partial charge in [-0.25, -0.2) is 4.79 Å². The van der Waals surface area contributed by atoms with Crippen LogP contribution in [0.15, 0.2) is 24.3 Å². The Bertz CT molecular complexity index is 691. The van der Waals surface area contributed by atoms with E-state index >= 15 is 0 Å². The maximum Gasteiger partial charge on any atom is 0.334 e. The molecule has 0 radical (unpaired) electrons. The molecule has 142 valence electrons. The molecule has 26 heavy (non-hydrogen) atoms. The number of aliphatic hydroxyl groups excluding tert-OH is 1. The molecule has 0 unspecified atom stereocenters. The highest BCUT2D eigenvalue weighted by molar-refractivity contribution is 6.32. The van der Waals surface area contributed by atoms with Crippen molar-refractivity contribution >= 4 is 29.3 Å². The third kappa shape index (κ3) is 4.19. The first-order valence-corrected chi connectivity index (χ1v) is 8.95. The van der Waals surface area contributed by atoms with Crippen LogP contribution in [0.3, 0.4) is 0 Å². The molecule has 1 aromatic rings. The Hall–Kier alpha value is -2.05. The average Bonchev–Trinajstić information content (AvgIpc) is 2.62. The number of aliphatic hydroxyl groups is 1. The van der Waals surface area contributed by atoms with Gasteiger partial charge in [0.1, 0.15) is 5.76 Å². The largest absolute Gasteiger partial charge is 0.507 e. The number of benzene rings is 1. The Morgan fingerprint density at radius 1 is 1.23 bits per heavy atom. The van der Waals surface area contributed by atoms with Gasteiger partial charge < -0.3 is 19.3 Å². The lowest BCUT2D eigenvalue weighted by molar-refractivity contribution is -0.154. The van der Waals surface area contributed by atoms with Crippen molar-refractivity contribution in [1.82, 2.24) is 0 Å². The number of halogens is 1. The number of hydrogen-bond acceptors (Lipinski definition) is 6. The molecule has 0 spiro atoms. The van der Waals surface area contributed by atoms with E-state index in [2.05, 4.69) is 0 Å². The summed E-state index contributed by atoms with van der Waals surface area (Å²) in [6.07, 6.45) is 1.75. The van der Waals surface area contributed by atoms with Crippen molar-refractivity contribution < 1.29 is 28.9 Å². The highest BCUT2D eigenvalue weighted by atomic mass is 35.5. The fourth-order valence-corrected chi connectivity index (χ4v) is 3.39. The van der Waals surface area contributed by atoms with Gasteiger partial charge in [0.25, 0.3) is 0 Å². The first kappa shape index (κ1) is 20.3. The lowest BCUT2D eigenvalue weighted by atomic mass is 9.72. The first-order valence-electron chi connectivity index (χ1n) is 8.58. The lowest BCUT2D eigenvalue weighted by Gasteiger charge is -2.36. The molecule has 0 aliphatic carbocycles. The minimum absolute atomic E-state index is 0.183. The van der Waals surface area contributed by atoms with Gasteiger partial charge in [0.15, 0.2) is 0 Å². The molecule has 1 aromatic carbocycles. The number of carbonyl (C=O) groups excluding carboxylic acids is 2. The normalized spacial score (nSPS) is 16.8. The summed E-state index contributed by atoms with van der Waals surface area (Å²) < 4.78 is 15.6. The summed E-state index contributed by atoms with van der Waals surface area (Å²) in [5.74, 6) is -1.43. The molecular weight excluding hydrogens is 360 g/mol. The third-order valence-corrected chi connectivity index (χ3v) is 4.65. The van der Waals surface area contributed by atoms with Crippen molar-refractivity contribution in [2.24, 2.45) is 0 Å². The SMILES string of the molecule is CCOC(=O)/C=C(\O)c1c(Cl)cccc1C1(C(=O)OCC)CCOCC1. The van der Waals surface area contributed by atoms with Gasteiger partial charge in [-0.15, -0.1) is 0 Å². The monoisotopic (exact) mass is 382 g/mol. The van der Waals surface area contributed by atoms with Gasteiger partial charge in [-0.2, -0.15) is 0 Å².